The first-order valence-corrected chi connectivity index (χ1v) is 15.1. The number of carbonyl (C=O) groups is 2. The maximum atomic E-state index is 14.1. The number of benzene rings is 3. The number of hydrogen-bond acceptors (Lipinski definition) is 5. The summed E-state index contributed by atoms with van der Waals surface area (Å²) < 4.78 is 34.6. The number of aryl methyl sites for hydroxylation is 2. The normalized spacial score (nSPS) is 12.1. The second kappa shape index (κ2) is 13.7. The van der Waals surface area contributed by atoms with Crippen LogP contribution in [0.25, 0.3) is 0 Å². The van der Waals surface area contributed by atoms with E-state index in [0.29, 0.717) is 18.0 Å². The smallest absolute Gasteiger partial charge is 0.264 e. The Morgan fingerprint density at radius 1 is 0.927 bits per heavy atom. The average Bonchev–Trinajstić information content (AvgIpc) is 2.94. The van der Waals surface area contributed by atoms with Crippen LogP contribution in [0.15, 0.2) is 71.6 Å². The number of ether oxygens (including phenoxy) is 1. The zero-order valence-corrected chi connectivity index (χ0v) is 25.8. The molecule has 0 fully saturated rings. The monoisotopic (exact) mass is 579 g/mol. The molecular formula is C32H41N3O5S. The lowest BCUT2D eigenvalue weighted by Crippen LogP contribution is -2.51. The highest BCUT2D eigenvalue weighted by Crippen LogP contribution is 2.29. The van der Waals surface area contributed by atoms with Crippen molar-refractivity contribution in [1.29, 1.82) is 0 Å². The number of anilines is 1. The summed E-state index contributed by atoms with van der Waals surface area (Å²) in [4.78, 5) is 28.8. The van der Waals surface area contributed by atoms with Gasteiger partial charge in [0.15, 0.2) is 0 Å². The fourth-order valence-corrected chi connectivity index (χ4v) is 5.83. The van der Waals surface area contributed by atoms with Crippen molar-refractivity contribution >= 4 is 27.5 Å². The van der Waals surface area contributed by atoms with E-state index in [1.807, 2.05) is 52.8 Å². The van der Waals surface area contributed by atoms with Crippen LogP contribution in [0.5, 0.6) is 5.75 Å². The van der Waals surface area contributed by atoms with Crippen molar-refractivity contribution in [1.82, 2.24) is 10.2 Å². The Hall–Kier alpha value is -3.85. The van der Waals surface area contributed by atoms with Crippen LogP contribution in [0.1, 0.15) is 43.0 Å². The van der Waals surface area contributed by atoms with Gasteiger partial charge in [0.05, 0.1) is 17.7 Å². The molecule has 1 N–H and O–H groups in total. The minimum Gasteiger partial charge on any atom is -0.497 e. The lowest BCUT2D eigenvalue weighted by molar-refractivity contribution is -0.139. The molecule has 0 spiro atoms. The fourth-order valence-electron chi connectivity index (χ4n) is 4.36. The average molecular weight is 580 g/mol. The highest BCUT2D eigenvalue weighted by molar-refractivity contribution is 7.92. The summed E-state index contributed by atoms with van der Waals surface area (Å²) >= 11 is 0. The number of nitrogens with one attached hydrogen (secondary N) is 1. The molecule has 0 saturated heterocycles. The zero-order chi connectivity index (χ0) is 30.3. The Balaban J connectivity index is 2.06. The highest BCUT2D eigenvalue weighted by atomic mass is 32.2. The molecule has 3 aromatic rings. The quantitative estimate of drug-likeness (QED) is 0.326. The van der Waals surface area contributed by atoms with Crippen molar-refractivity contribution in [3.05, 3.63) is 89.0 Å². The van der Waals surface area contributed by atoms with Gasteiger partial charge in [-0.15, -0.1) is 0 Å². The largest absolute Gasteiger partial charge is 0.497 e. The van der Waals surface area contributed by atoms with Crippen LogP contribution < -0.4 is 14.4 Å². The third-order valence-electron chi connectivity index (χ3n) is 7.07. The SMILES string of the molecule is COc1cccc(CN(C(=O)CN(c2cccc(C)c2C)S(=O)(=O)c2ccc(C)cc2)[C@@H](C)C(=O)NCC(C)C)c1. The van der Waals surface area contributed by atoms with Crippen LogP contribution >= 0.6 is 0 Å². The van der Waals surface area contributed by atoms with E-state index in [2.05, 4.69) is 5.32 Å². The predicted octanol–water partition coefficient (Wildman–Crippen LogP) is 5.01. The summed E-state index contributed by atoms with van der Waals surface area (Å²) in [7, 11) is -2.57. The van der Waals surface area contributed by atoms with Crippen molar-refractivity contribution in [2.24, 2.45) is 5.92 Å². The van der Waals surface area contributed by atoms with Crippen molar-refractivity contribution in [3.63, 3.8) is 0 Å². The zero-order valence-electron chi connectivity index (χ0n) is 25.0. The minimum absolute atomic E-state index is 0.0823. The van der Waals surface area contributed by atoms with Gasteiger partial charge in [0.2, 0.25) is 11.8 Å². The standard InChI is InChI=1S/C32H41N3O5S/c1-22(2)19-33-32(37)26(6)34(20-27-11-9-12-28(18-27)40-7)31(36)21-35(30-13-8-10-24(4)25(30)5)41(38,39)29-16-14-23(3)15-17-29/h8-18,22,26H,19-21H2,1-7H3,(H,33,37)/t26-/m0/s1. The number of carbonyl (C=O) groups excluding carboxylic acids is 2. The Bertz CT molecular complexity index is 1470. The molecule has 220 valence electrons. The third kappa shape index (κ3) is 7.88. The number of rotatable bonds is 12. The van der Waals surface area contributed by atoms with E-state index >= 15 is 0 Å². The maximum Gasteiger partial charge on any atom is 0.264 e. The summed E-state index contributed by atoms with van der Waals surface area (Å²) in [6.45, 7) is 11.3. The van der Waals surface area contributed by atoms with Crippen molar-refractivity contribution in [3.8, 4) is 5.75 Å². The van der Waals surface area contributed by atoms with Crippen LogP contribution in [0.2, 0.25) is 0 Å². The molecule has 0 unspecified atom stereocenters. The van der Waals surface area contributed by atoms with Crippen molar-refractivity contribution < 1.29 is 22.7 Å². The lowest BCUT2D eigenvalue weighted by atomic mass is 10.1. The molecule has 2 amide bonds. The van der Waals surface area contributed by atoms with Gasteiger partial charge in [-0.25, -0.2) is 8.42 Å². The summed E-state index contributed by atoms with van der Waals surface area (Å²) in [5, 5.41) is 2.90. The molecular weight excluding hydrogens is 538 g/mol. The van der Waals surface area contributed by atoms with Gasteiger partial charge >= 0.3 is 0 Å². The van der Waals surface area contributed by atoms with Gasteiger partial charge in [-0.3, -0.25) is 13.9 Å². The molecule has 0 radical (unpaired) electrons. The Kier molecular flexibility index (Phi) is 10.6. The third-order valence-corrected chi connectivity index (χ3v) is 8.85. The van der Waals surface area contributed by atoms with Crippen LogP contribution in [-0.2, 0) is 26.2 Å². The van der Waals surface area contributed by atoms with Crippen LogP contribution in [0.4, 0.5) is 5.69 Å². The van der Waals surface area contributed by atoms with E-state index in [9.17, 15) is 18.0 Å². The van der Waals surface area contributed by atoms with Crippen LogP contribution in [0, 0.1) is 26.7 Å². The Morgan fingerprint density at radius 3 is 2.22 bits per heavy atom. The second-order valence-corrected chi connectivity index (χ2v) is 12.6. The van der Waals surface area contributed by atoms with E-state index in [0.717, 1.165) is 26.6 Å². The van der Waals surface area contributed by atoms with E-state index in [-0.39, 0.29) is 23.3 Å². The van der Waals surface area contributed by atoms with Crippen molar-refractivity contribution in [2.75, 3.05) is 24.5 Å². The summed E-state index contributed by atoms with van der Waals surface area (Å²) in [6, 6.07) is 18.3. The molecule has 0 saturated carbocycles. The molecule has 0 bridgehead atoms. The number of hydrogen-bond donors (Lipinski definition) is 1. The van der Waals surface area contributed by atoms with E-state index in [4.69, 9.17) is 4.74 Å². The van der Waals surface area contributed by atoms with Crippen LogP contribution in [-0.4, -0.2) is 51.4 Å². The first-order chi connectivity index (χ1) is 19.3. The van der Waals surface area contributed by atoms with Gasteiger partial charge in [0.25, 0.3) is 10.0 Å². The molecule has 0 aliphatic heterocycles. The predicted molar refractivity (Wildman–Crippen MR) is 162 cm³/mol. The molecule has 0 aromatic heterocycles. The van der Waals surface area contributed by atoms with E-state index in [1.54, 1.807) is 62.6 Å². The number of methoxy groups -OCH3 is 1. The van der Waals surface area contributed by atoms with Gasteiger partial charge < -0.3 is 15.0 Å². The van der Waals surface area contributed by atoms with Gasteiger partial charge in [0, 0.05) is 13.1 Å². The Morgan fingerprint density at radius 2 is 1.59 bits per heavy atom. The molecule has 3 aromatic carbocycles. The summed E-state index contributed by atoms with van der Waals surface area (Å²) in [5.74, 6) is 0.0325. The minimum atomic E-state index is -4.12. The topological polar surface area (TPSA) is 96.0 Å². The Labute approximate surface area is 244 Å². The second-order valence-electron chi connectivity index (χ2n) is 10.7. The number of sulfonamides is 1. The molecule has 1 atom stereocenters. The van der Waals surface area contributed by atoms with Gasteiger partial charge in [-0.05, 0) is 80.6 Å². The fraction of sp³-hybridized carbons (Fsp3) is 0.375. The molecule has 0 aliphatic rings. The van der Waals surface area contributed by atoms with E-state index in [1.165, 1.54) is 4.90 Å². The van der Waals surface area contributed by atoms with Gasteiger partial charge in [0.1, 0.15) is 18.3 Å². The summed E-state index contributed by atoms with van der Waals surface area (Å²) in [6.07, 6.45) is 0. The maximum absolute atomic E-state index is 14.1. The van der Waals surface area contributed by atoms with Crippen LogP contribution in [0.3, 0.4) is 0 Å². The molecule has 8 nitrogen and oxygen atoms in total. The summed E-state index contributed by atoms with van der Waals surface area (Å²) in [5.41, 5.74) is 3.73. The highest BCUT2D eigenvalue weighted by Gasteiger charge is 2.33. The first kappa shape index (κ1) is 31.7. The first-order valence-electron chi connectivity index (χ1n) is 13.7. The number of nitrogens with zero attached hydrogens (tertiary/aromatic N) is 2. The molecule has 3 rings (SSSR count). The number of amides is 2. The lowest BCUT2D eigenvalue weighted by Gasteiger charge is -2.32. The molecule has 9 heteroatoms. The molecule has 41 heavy (non-hydrogen) atoms. The van der Waals surface area contributed by atoms with E-state index < -0.39 is 28.5 Å². The van der Waals surface area contributed by atoms with Gasteiger partial charge in [-0.1, -0.05) is 55.8 Å². The molecule has 0 aliphatic carbocycles. The van der Waals surface area contributed by atoms with Crippen molar-refractivity contribution in [2.45, 2.75) is 59.0 Å². The van der Waals surface area contributed by atoms with Gasteiger partial charge in [-0.2, -0.15) is 0 Å². The molecule has 0 heterocycles.